The van der Waals surface area contributed by atoms with Crippen molar-refractivity contribution in [2.75, 3.05) is 6.61 Å². The van der Waals surface area contributed by atoms with Gasteiger partial charge in [0.15, 0.2) is 6.10 Å². The molecule has 0 spiro atoms. The van der Waals surface area contributed by atoms with Crippen molar-refractivity contribution in [2.24, 2.45) is 0 Å². The maximum absolute atomic E-state index is 10.9. The molecule has 2 atom stereocenters. The first-order valence-corrected chi connectivity index (χ1v) is 5.11. The molecule has 0 aliphatic carbocycles. The number of carbonyl (C=O) groups is 1. The average molecular weight is 216 g/mol. The molecule has 82 valence electrons. The van der Waals surface area contributed by atoms with Gasteiger partial charge < -0.3 is 9.47 Å². The van der Waals surface area contributed by atoms with Crippen LogP contribution in [0.5, 0.6) is 0 Å². The van der Waals surface area contributed by atoms with Crippen LogP contribution in [-0.2, 0) is 14.3 Å². The predicted molar refractivity (Wildman–Crippen MR) is 58.6 cm³/mol. The van der Waals surface area contributed by atoms with Crippen molar-refractivity contribution in [2.45, 2.75) is 19.1 Å². The van der Waals surface area contributed by atoms with Crippen molar-refractivity contribution in [1.29, 1.82) is 0 Å². The first-order chi connectivity index (χ1) is 7.75. The third-order valence-electron chi connectivity index (χ3n) is 2.12. The normalized spacial score (nSPS) is 19.2. The molecule has 1 saturated heterocycles. The quantitative estimate of drug-likeness (QED) is 0.426. The van der Waals surface area contributed by atoms with Crippen molar-refractivity contribution in [1.82, 2.24) is 0 Å². The standard InChI is InChI=1S/C13H12O3/c1-10(14)16-12(13-9-15-13)8-7-11-5-3-2-4-6-11/h2-6,12-13H,9H2,1H3/t12?,13-/m0/s1. The summed E-state index contributed by atoms with van der Waals surface area (Å²) in [6.07, 6.45) is -0.502. The summed E-state index contributed by atoms with van der Waals surface area (Å²) < 4.78 is 10.1. The van der Waals surface area contributed by atoms with E-state index in [1.165, 1.54) is 6.92 Å². The highest BCUT2D eigenvalue weighted by Crippen LogP contribution is 2.16. The van der Waals surface area contributed by atoms with Gasteiger partial charge in [-0.25, -0.2) is 0 Å². The minimum atomic E-state index is -0.447. The highest BCUT2D eigenvalue weighted by Gasteiger charge is 2.34. The molecule has 16 heavy (non-hydrogen) atoms. The van der Waals surface area contributed by atoms with Gasteiger partial charge in [-0.2, -0.15) is 0 Å². The second kappa shape index (κ2) is 4.82. The van der Waals surface area contributed by atoms with Gasteiger partial charge in [0.1, 0.15) is 6.10 Å². The first-order valence-electron chi connectivity index (χ1n) is 5.11. The second-order valence-electron chi connectivity index (χ2n) is 3.54. The zero-order valence-electron chi connectivity index (χ0n) is 8.97. The maximum Gasteiger partial charge on any atom is 0.303 e. The summed E-state index contributed by atoms with van der Waals surface area (Å²) in [5.41, 5.74) is 0.903. The summed E-state index contributed by atoms with van der Waals surface area (Å²) in [5.74, 6) is 5.54. The summed E-state index contributed by atoms with van der Waals surface area (Å²) in [6.45, 7) is 1.99. The van der Waals surface area contributed by atoms with E-state index < -0.39 is 6.10 Å². The van der Waals surface area contributed by atoms with Crippen LogP contribution in [0.2, 0.25) is 0 Å². The van der Waals surface area contributed by atoms with E-state index in [9.17, 15) is 4.79 Å². The van der Waals surface area contributed by atoms with Gasteiger partial charge >= 0.3 is 5.97 Å². The number of carbonyl (C=O) groups excluding carboxylic acids is 1. The topological polar surface area (TPSA) is 38.8 Å². The van der Waals surface area contributed by atoms with Gasteiger partial charge in [-0.05, 0) is 12.1 Å². The van der Waals surface area contributed by atoms with Crippen molar-refractivity contribution < 1.29 is 14.3 Å². The zero-order valence-corrected chi connectivity index (χ0v) is 8.97. The Morgan fingerprint density at radius 3 is 2.75 bits per heavy atom. The Hall–Kier alpha value is -1.79. The van der Waals surface area contributed by atoms with Gasteiger partial charge in [-0.1, -0.05) is 30.0 Å². The second-order valence-corrected chi connectivity index (χ2v) is 3.54. The Bertz CT molecular complexity index is 423. The molecular formula is C13H12O3. The number of rotatable bonds is 2. The van der Waals surface area contributed by atoms with Gasteiger partial charge in [-0.15, -0.1) is 0 Å². The van der Waals surface area contributed by atoms with Crippen LogP contribution in [0.15, 0.2) is 30.3 Å². The Morgan fingerprint density at radius 1 is 1.50 bits per heavy atom. The highest BCUT2D eigenvalue weighted by molar-refractivity contribution is 5.66. The lowest BCUT2D eigenvalue weighted by atomic mass is 10.2. The number of esters is 1. The molecule has 3 nitrogen and oxygen atoms in total. The molecule has 0 bridgehead atoms. The number of epoxide rings is 1. The molecule has 1 aliphatic heterocycles. The fraction of sp³-hybridized carbons (Fsp3) is 0.308. The molecule has 0 radical (unpaired) electrons. The van der Waals surface area contributed by atoms with Gasteiger partial charge in [-0.3, -0.25) is 4.79 Å². The summed E-state index contributed by atoms with van der Waals surface area (Å²) in [5, 5.41) is 0. The molecule has 1 heterocycles. The molecule has 1 aromatic carbocycles. The Labute approximate surface area is 94.4 Å². The summed E-state index contributed by atoms with van der Waals surface area (Å²) >= 11 is 0. The van der Waals surface area contributed by atoms with E-state index in [1.807, 2.05) is 30.3 Å². The summed E-state index contributed by atoms with van der Waals surface area (Å²) in [4.78, 5) is 10.9. The third kappa shape index (κ3) is 3.11. The molecule has 0 aromatic heterocycles. The number of benzene rings is 1. The predicted octanol–water partition coefficient (Wildman–Crippen LogP) is 1.37. The fourth-order valence-electron chi connectivity index (χ4n) is 1.28. The lowest BCUT2D eigenvalue weighted by molar-refractivity contribution is -0.144. The van der Waals surface area contributed by atoms with Crippen LogP contribution in [0, 0.1) is 11.8 Å². The van der Waals surface area contributed by atoms with Crippen LogP contribution in [0.4, 0.5) is 0 Å². The van der Waals surface area contributed by atoms with Crippen molar-refractivity contribution in [3.8, 4) is 11.8 Å². The number of ether oxygens (including phenoxy) is 2. The van der Waals surface area contributed by atoms with E-state index in [0.717, 1.165) is 5.56 Å². The van der Waals surface area contributed by atoms with Crippen LogP contribution in [0.3, 0.4) is 0 Å². The monoisotopic (exact) mass is 216 g/mol. The van der Waals surface area contributed by atoms with Crippen molar-refractivity contribution in [3.05, 3.63) is 35.9 Å². The first kappa shape index (κ1) is 10.7. The average Bonchev–Trinajstić information content (AvgIpc) is 3.09. The van der Waals surface area contributed by atoms with E-state index in [2.05, 4.69) is 11.8 Å². The minimum absolute atomic E-state index is 0.0555. The van der Waals surface area contributed by atoms with Crippen LogP contribution >= 0.6 is 0 Å². The Kier molecular flexibility index (Phi) is 3.23. The third-order valence-corrected chi connectivity index (χ3v) is 2.12. The Balaban J connectivity index is 2.05. The Morgan fingerprint density at radius 2 is 2.19 bits per heavy atom. The molecule has 0 N–H and O–H groups in total. The van der Waals surface area contributed by atoms with E-state index in [1.54, 1.807) is 0 Å². The SMILES string of the molecule is CC(=O)OC(C#Cc1ccccc1)[C@@H]1CO1. The lowest BCUT2D eigenvalue weighted by Crippen LogP contribution is -2.20. The molecule has 1 aromatic rings. The van der Waals surface area contributed by atoms with E-state index >= 15 is 0 Å². The molecule has 2 rings (SSSR count). The van der Waals surface area contributed by atoms with E-state index in [-0.39, 0.29) is 12.1 Å². The molecule has 1 aliphatic rings. The van der Waals surface area contributed by atoms with E-state index in [0.29, 0.717) is 6.61 Å². The van der Waals surface area contributed by atoms with E-state index in [4.69, 9.17) is 9.47 Å². The fourth-order valence-corrected chi connectivity index (χ4v) is 1.28. The zero-order chi connectivity index (χ0) is 11.4. The molecule has 1 unspecified atom stereocenters. The van der Waals surface area contributed by atoms with Crippen molar-refractivity contribution in [3.63, 3.8) is 0 Å². The highest BCUT2D eigenvalue weighted by atomic mass is 16.6. The lowest BCUT2D eigenvalue weighted by Gasteiger charge is -2.06. The van der Waals surface area contributed by atoms with Gasteiger partial charge in [0, 0.05) is 12.5 Å². The molecule has 1 fully saturated rings. The van der Waals surface area contributed by atoms with Gasteiger partial charge in [0.05, 0.1) is 6.61 Å². The molecule has 0 saturated carbocycles. The molecule has 3 heteroatoms. The summed E-state index contributed by atoms with van der Waals surface area (Å²) in [7, 11) is 0. The molecule has 0 amide bonds. The number of hydrogen-bond acceptors (Lipinski definition) is 3. The van der Waals surface area contributed by atoms with Crippen LogP contribution in [0.1, 0.15) is 12.5 Å². The largest absolute Gasteiger partial charge is 0.446 e. The van der Waals surface area contributed by atoms with Gasteiger partial charge in [0.2, 0.25) is 0 Å². The van der Waals surface area contributed by atoms with Gasteiger partial charge in [0.25, 0.3) is 0 Å². The smallest absolute Gasteiger partial charge is 0.303 e. The molecular weight excluding hydrogens is 204 g/mol. The number of hydrogen-bond donors (Lipinski definition) is 0. The van der Waals surface area contributed by atoms with Crippen LogP contribution < -0.4 is 0 Å². The van der Waals surface area contributed by atoms with Crippen LogP contribution in [0.25, 0.3) is 0 Å². The van der Waals surface area contributed by atoms with Crippen molar-refractivity contribution >= 4 is 5.97 Å². The maximum atomic E-state index is 10.9. The minimum Gasteiger partial charge on any atom is -0.446 e. The summed E-state index contributed by atoms with van der Waals surface area (Å²) in [6, 6.07) is 9.58. The van der Waals surface area contributed by atoms with Crippen LogP contribution in [-0.4, -0.2) is 24.8 Å².